The number of hydrogen-bond donors (Lipinski definition) is 0. The second kappa shape index (κ2) is 8.96. The summed E-state index contributed by atoms with van der Waals surface area (Å²) in [5.74, 6) is 0.377. The fourth-order valence-corrected chi connectivity index (χ4v) is 3.95. The number of aromatic nitrogens is 4. The first-order valence-electron chi connectivity index (χ1n) is 10.8. The second-order valence-corrected chi connectivity index (χ2v) is 8.22. The third-order valence-electron chi connectivity index (χ3n) is 5.89. The highest BCUT2D eigenvalue weighted by Gasteiger charge is 2.21. The molecule has 0 N–H and O–H groups in total. The van der Waals surface area contributed by atoms with Crippen LogP contribution in [0.4, 0.5) is 0 Å². The lowest BCUT2D eigenvalue weighted by Crippen LogP contribution is -2.41. The zero-order valence-electron chi connectivity index (χ0n) is 18.9. The number of fused-ring (bicyclic) bond motifs is 1. The molecule has 2 heterocycles. The van der Waals surface area contributed by atoms with E-state index < -0.39 is 5.69 Å². The van der Waals surface area contributed by atoms with Crippen LogP contribution in [0.1, 0.15) is 43.9 Å². The summed E-state index contributed by atoms with van der Waals surface area (Å²) in [5, 5.41) is 0. The minimum Gasteiger partial charge on any atom is -0.383 e. The molecule has 4 rings (SSSR count). The maximum atomic E-state index is 13.4. The number of hydrogen-bond acceptors (Lipinski definition) is 4. The number of rotatable bonds is 7. The molecule has 166 valence electrons. The number of imidazole rings is 1. The van der Waals surface area contributed by atoms with Gasteiger partial charge in [0.05, 0.1) is 31.2 Å². The molecule has 1 atom stereocenters. The number of benzene rings is 2. The van der Waals surface area contributed by atoms with E-state index in [2.05, 4.69) is 18.8 Å². The maximum absolute atomic E-state index is 13.4. The fourth-order valence-electron chi connectivity index (χ4n) is 3.95. The van der Waals surface area contributed by atoms with Crippen LogP contribution in [0.25, 0.3) is 16.9 Å². The third kappa shape index (κ3) is 3.80. The summed E-state index contributed by atoms with van der Waals surface area (Å²) in [6.07, 6.45) is 1.64. The minimum absolute atomic E-state index is 0.126. The highest BCUT2D eigenvalue weighted by atomic mass is 16.5. The van der Waals surface area contributed by atoms with Gasteiger partial charge in [0, 0.05) is 7.11 Å². The van der Waals surface area contributed by atoms with Crippen molar-refractivity contribution >= 4 is 11.2 Å². The van der Waals surface area contributed by atoms with Crippen LogP contribution < -0.4 is 11.2 Å². The molecule has 7 nitrogen and oxygen atoms in total. The smallest absolute Gasteiger partial charge is 0.337 e. The van der Waals surface area contributed by atoms with Gasteiger partial charge in [-0.2, -0.15) is 0 Å². The van der Waals surface area contributed by atoms with E-state index >= 15 is 0 Å². The van der Waals surface area contributed by atoms with Gasteiger partial charge in [-0.3, -0.25) is 9.36 Å². The Morgan fingerprint density at radius 1 is 0.938 bits per heavy atom. The van der Waals surface area contributed by atoms with Crippen LogP contribution in [0.5, 0.6) is 0 Å². The summed E-state index contributed by atoms with van der Waals surface area (Å²) in [5.41, 5.74) is 2.86. The van der Waals surface area contributed by atoms with Crippen molar-refractivity contribution in [1.29, 1.82) is 0 Å². The summed E-state index contributed by atoms with van der Waals surface area (Å²) in [6, 6.07) is 17.6. The van der Waals surface area contributed by atoms with Crippen molar-refractivity contribution in [3.63, 3.8) is 0 Å². The van der Waals surface area contributed by atoms with E-state index in [1.807, 2.05) is 66.1 Å². The summed E-state index contributed by atoms with van der Waals surface area (Å²) in [4.78, 5) is 31.4. The quantitative estimate of drug-likeness (QED) is 0.446. The van der Waals surface area contributed by atoms with Gasteiger partial charge in [0.25, 0.3) is 5.56 Å². The van der Waals surface area contributed by atoms with Gasteiger partial charge in [-0.15, -0.1) is 0 Å². The highest BCUT2D eigenvalue weighted by Crippen LogP contribution is 2.23. The van der Waals surface area contributed by atoms with E-state index in [1.54, 1.807) is 13.4 Å². The third-order valence-corrected chi connectivity index (χ3v) is 5.89. The van der Waals surface area contributed by atoms with Crippen molar-refractivity contribution in [1.82, 2.24) is 18.7 Å². The Bertz CT molecular complexity index is 1330. The zero-order chi connectivity index (χ0) is 22.8. The average Bonchev–Trinajstić information content (AvgIpc) is 3.24. The lowest BCUT2D eigenvalue weighted by atomic mass is 10.0. The zero-order valence-corrected chi connectivity index (χ0v) is 18.9. The van der Waals surface area contributed by atoms with Crippen LogP contribution in [0.3, 0.4) is 0 Å². The predicted molar refractivity (Wildman–Crippen MR) is 126 cm³/mol. The van der Waals surface area contributed by atoms with Crippen LogP contribution in [0, 0.1) is 0 Å². The molecule has 1 unspecified atom stereocenters. The molecule has 0 fully saturated rings. The van der Waals surface area contributed by atoms with Crippen LogP contribution >= 0.6 is 0 Å². The molecule has 0 aliphatic heterocycles. The largest absolute Gasteiger partial charge is 0.383 e. The molecular weight excluding hydrogens is 404 g/mol. The number of methoxy groups -OCH3 is 1. The Morgan fingerprint density at radius 2 is 1.62 bits per heavy atom. The topological polar surface area (TPSA) is 71.1 Å². The molecule has 7 heteroatoms. The van der Waals surface area contributed by atoms with Crippen molar-refractivity contribution < 1.29 is 4.74 Å². The Labute approximate surface area is 186 Å². The number of nitrogens with zero attached hydrogens (tertiary/aromatic N) is 4. The van der Waals surface area contributed by atoms with Gasteiger partial charge < -0.3 is 9.30 Å². The summed E-state index contributed by atoms with van der Waals surface area (Å²) >= 11 is 0. The van der Waals surface area contributed by atoms with Crippen molar-refractivity contribution in [3.05, 3.63) is 92.9 Å². The van der Waals surface area contributed by atoms with E-state index in [0.29, 0.717) is 22.8 Å². The molecule has 0 spiro atoms. The van der Waals surface area contributed by atoms with Crippen molar-refractivity contribution in [2.24, 2.45) is 0 Å². The lowest BCUT2D eigenvalue weighted by Gasteiger charge is -2.17. The Balaban J connectivity index is 1.98. The van der Waals surface area contributed by atoms with Gasteiger partial charge in [-0.25, -0.2) is 14.3 Å². The Hall–Kier alpha value is -3.45. The van der Waals surface area contributed by atoms with Crippen LogP contribution in [-0.2, 0) is 11.3 Å². The van der Waals surface area contributed by atoms with Crippen LogP contribution in [0.2, 0.25) is 0 Å². The van der Waals surface area contributed by atoms with E-state index in [1.165, 1.54) is 14.7 Å². The highest BCUT2D eigenvalue weighted by molar-refractivity contribution is 5.73. The summed E-state index contributed by atoms with van der Waals surface area (Å²) < 4.78 is 9.75. The molecule has 0 bridgehead atoms. The van der Waals surface area contributed by atoms with Crippen LogP contribution in [0.15, 0.2) is 70.5 Å². The monoisotopic (exact) mass is 432 g/mol. The first-order chi connectivity index (χ1) is 15.4. The van der Waals surface area contributed by atoms with Crippen molar-refractivity contribution in [2.45, 2.75) is 39.3 Å². The van der Waals surface area contributed by atoms with Gasteiger partial charge in [-0.05, 0) is 36.1 Å². The van der Waals surface area contributed by atoms with Gasteiger partial charge in [-0.1, -0.05) is 56.3 Å². The predicted octanol–water partition coefficient (Wildman–Crippen LogP) is 3.73. The van der Waals surface area contributed by atoms with E-state index in [0.717, 1.165) is 5.56 Å². The lowest BCUT2D eigenvalue weighted by molar-refractivity contribution is 0.184. The molecule has 4 aromatic rings. The van der Waals surface area contributed by atoms with Crippen molar-refractivity contribution in [2.75, 3.05) is 13.7 Å². The molecule has 0 saturated carbocycles. The first kappa shape index (κ1) is 21.8. The summed E-state index contributed by atoms with van der Waals surface area (Å²) in [7, 11) is 1.55. The normalized spacial score (nSPS) is 12.5. The van der Waals surface area contributed by atoms with Crippen molar-refractivity contribution in [3.8, 4) is 5.69 Å². The van der Waals surface area contributed by atoms with E-state index in [9.17, 15) is 9.59 Å². The minimum atomic E-state index is -0.422. The molecule has 0 radical (unpaired) electrons. The van der Waals surface area contributed by atoms with Gasteiger partial charge in [0.1, 0.15) is 0 Å². The molecular formula is C25H28N4O3. The Morgan fingerprint density at radius 3 is 2.25 bits per heavy atom. The standard InChI is InChI=1S/C25H28N4O3/c1-17(2)19-10-12-21(13-11-19)29-23-22(24(30)27(25(29)31)14-15-32-4)28(16-26-23)18(3)20-8-6-5-7-9-20/h5-13,16-18H,14-15H2,1-4H3. The Kier molecular flexibility index (Phi) is 6.10. The SMILES string of the molecule is COCCn1c(=O)c2c(ncn2C(C)c2ccccc2)n(-c2ccc(C(C)C)cc2)c1=O. The molecule has 0 saturated heterocycles. The molecule has 0 aliphatic carbocycles. The van der Waals surface area contributed by atoms with Gasteiger partial charge in [0.15, 0.2) is 11.2 Å². The summed E-state index contributed by atoms with van der Waals surface area (Å²) in [6.45, 7) is 6.69. The van der Waals surface area contributed by atoms with Gasteiger partial charge >= 0.3 is 5.69 Å². The first-order valence-corrected chi connectivity index (χ1v) is 10.8. The van der Waals surface area contributed by atoms with Crippen LogP contribution in [-0.4, -0.2) is 32.4 Å². The van der Waals surface area contributed by atoms with Gasteiger partial charge in [0.2, 0.25) is 0 Å². The van der Waals surface area contributed by atoms with E-state index in [-0.39, 0.29) is 24.8 Å². The molecule has 2 aromatic heterocycles. The molecule has 0 aliphatic rings. The molecule has 32 heavy (non-hydrogen) atoms. The fraction of sp³-hybridized carbons (Fsp3) is 0.320. The number of ether oxygens (including phenoxy) is 1. The van der Waals surface area contributed by atoms with E-state index in [4.69, 9.17) is 4.74 Å². The second-order valence-electron chi connectivity index (χ2n) is 8.22. The average molecular weight is 433 g/mol. The maximum Gasteiger partial charge on any atom is 0.337 e. The molecule has 2 aromatic carbocycles. The molecule has 0 amide bonds.